The van der Waals surface area contributed by atoms with Crippen molar-refractivity contribution < 1.29 is 9.53 Å². The molecule has 2 aromatic rings. The van der Waals surface area contributed by atoms with E-state index in [9.17, 15) is 4.79 Å². The summed E-state index contributed by atoms with van der Waals surface area (Å²) in [7, 11) is 0. The predicted octanol–water partition coefficient (Wildman–Crippen LogP) is 4.53. The zero-order chi connectivity index (χ0) is 12.3. The minimum absolute atomic E-state index is 0.0114. The Morgan fingerprint density at radius 2 is 1.88 bits per heavy atom. The Labute approximate surface area is 120 Å². The normalized spacial score (nSPS) is 10.2. The SMILES string of the molecule is O=C(COc1c(Br)cccc1Br)c1cccs1. The molecule has 17 heavy (non-hydrogen) atoms. The highest BCUT2D eigenvalue weighted by atomic mass is 79.9. The van der Waals surface area contributed by atoms with Crippen LogP contribution in [0.1, 0.15) is 9.67 Å². The Morgan fingerprint density at radius 3 is 2.47 bits per heavy atom. The smallest absolute Gasteiger partial charge is 0.210 e. The zero-order valence-electron chi connectivity index (χ0n) is 8.65. The van der Waals surface area contributed by atoms with Crippen molar-refractivity contribution in [1.29, 1.82) is 0 Å². The van der Waals surface area contributed by atoms with Crippen LogP contribution in [-0.2, 0) is 0 Å². The van der Waals surface area contributed by atoms with Crippen molar-refractivity contribution in [2.45, 2.75) is 0 Å². The molecule has 2 nitrogen and oxygen atoms in total. The molecule has 0 atom stereocenters. The molecule has 0 spiro atoms. The van der Waals surface area contributed by atoms with Crippen molar-refractivity contribution in [2.75, 3.05) is 6.61 Å². The van der Waals surface area contributed by atoms with Gasteiger partial charge >= 0.3 is 0 Å². The number of ketones is 1. The number of halogens is 2. The Morgan fingerprint density at radius 1 is 1.18 bits per heavy atom. The van der Waals surface area contributed by atoms with E-state index in [0.29, 0.717) is 10.6 Å². The fourth-order valence-corrected chi connectivity index (χ4v) is 3.15. The number of ether oxygens (including phenoxy) is 1. The first-order valence-corrected chi connectivity index (χ1v) is 7.28. The summed E-state index contributed by atoms with van der Waals surface area (Å²) in [6, 6.07) is 9.28. The first-order chi connectivity index (χ1) is 8.18. The van der Waals surface area contributed by atoms with Gasteiger partial charge in [-0.2, -0.15) is 0 Å². The summed E-state index contributed by atoms with van der Waals surface area (Å²) in [6.07, 6.45) is 0. The lowest BCUT2D eigenvalue weighted by molar-refractivity contribution is 0.0924. The quantitative estimate of drug-likeness (QED) is 0.733. The lowest BCUT2D eigenvalue weighted by Crippen LogP contribution is -2.10. The Balaban J connectivity index is 2.06. The first kappa shape index (κ1) is 12.8. The van der Waals surface area contributed by atoms with Gasteiger partial charge in [-0.15, -0.1) is 11.3 Å². The van der Waals surface area contributed by atoms with Gasteiger partial charge in [0.25, 0.3) is 0 Å². The molecule has 1 aromatic heterocycles. The largest absolute Gasteiger partial charge is 0.483 e. The maximum absolute atomic E-state index is 11.8. The van der Waals surface area contributed by atoms with Gasteiger partial charge in [0.1, 0.15) is 5.75 Å². The summed E-state index contributed by atoms with van der Waals surface area (Å²) >= 11 is 8.19. The van der Waals surface area contributed by atoms with Crippen LogP contribution in [0.25, 0.3) is 0 Å². The van der Waals surface area contributed by atoms with E-state index < -0.39 is 0 Å². The molecule has 0 aliphatic heterocycles. The van der Waals surface area contributed by atoms with E-state index in [0.717, 1.165) is 8.95 Å². The molecule has 5 heteroatoms. The molecule has 0 aliphatic carbocycles. The van der Waals surface area contributed by atoms with E-state index in [-0.39, 0.29) is 12.4 Å². The number of rotatable bonds is 4. The molecule has 0 radical (unpaired) electrons. The molecule has 2 rings (SSSR count). The number of para-hydroxylation sites is 1. The van der Waals surface area contributed by atoms with Gasteiger partial charge in [0.05, 0.1) is 13.8 Å². The maximum atomic E-state index is 11.8. The molecule has 0 saturated heterocycles. The number of thiophene rings is 1. The fourth-order valence-electron chi connectivity index (χ4n) is 1.27. The molecular formula is C12H8Br2O2S. The van der Waals surface area contributed by atoms with Crippen LogP contribution in [0.5, 0.6) is 5.75 Å². The van der Waals surface area contributed by atoms with Crippen molar-refractivity contribution in [2.24, 2.45) is 0 Å². The van der Waals surface area contributed by atoms with E-state index in [2.05, 4.69) is 31.9 Å². The molecule has 0 aliphatic rings. The summed E-state index contributed by atoms with van der Waals surface area (Å²) in [4.78, 5) is 12.5. The molecular weight excluding hydrogens is 368 g/mol. The third-order valence-corrected chi connectivity index (χ3v) is 4.22. The Bertz CT molecular complexity index is 503. The van der Waals surface area contributed by atoms with E-state index in [4.69, 9.17) is 4.74 Å². The van der Waals surface area contributed by atoms with Crippen molar-refractivity contribution in [3.8, 4) is 5.75 Å². The predicted molar refractivity (Wildman–Crippen MR) is 76.0 cm³/mol. The second-order valence-electron chi connectivity index (χ2n) is 3.24. The summed E-state index contributed by atoms with van der Waals surface area (Å²) in [5.74, 6) is 0.639. The average molecular weight is 376 g/mol. The number of hydrogen-bond donors (Lipinski definition) is 0. The van der Waals surface area contributed by atoms with Crippen LogP contribution in [0.4, 0.5) is 0 Å². The highest BCUT2D eigenvalue weighted by Gasteiger charge is 2.11. The van der Waals surface area contributed by atoms with Gasteiger partial charge in [-0.1, -0.05) is 12.1 Å². The van der Waals surface area contributed by atoms with Crippen molar-refractivity contribution in [3.05, 3.63) is 49.5 Å². The molecule has 0 N–H and O–H groups in total. The third kappa shape index (κ3) is 3.18. The van der Waals surface area contributed by atoms with Crippen LogP contribution >= 0.6 is 43.2 Å². The van der Waals surface area contributed by atoms with E-state index in [1.807, 2.05) is 29.6 Å². The second-order valence-corrected chi connectivity index (χ2v) is 5.90. The second kappa shape index (κ2) is 5.80. The summed E-state index contributed by atoms with van der Waals surface area (Å²) in [6.45, 7) is 0.0434. The van der Waals surface area contributed by atoms with Gasteiger partial charge in [-0.05, 0) is 55.4 Å². The lowest BCUT2D eigenvalue weighted by atomic mass is 10.3. The van der Waals surface area contributed by atoms with Crippen LogP contribution in [0, 0.1) is 0 Å². The van der Waals surface area contributed by atoms with Gasteiger partial charge < -0.3 is 4.74 Å². The van der Waals surface area contributed by atoms with Gasteiger partial charge in [-0.3, -0.25) is 4.79 Å². The van der Waals surface area contributed by atoms with Gasteiger partial charge in [0.15, 0.2) is 6.61 Å². The molecule has 0 fully saturated rings. The standard InChI is InChI=1S/C12H8Br2O2S/c13-8-3-1-4-9(14)12(8)16-7-10(15)11-5-2-6-17-11/h1-6H,7H2. The van der Waals surface area contributed by atoms with Gasteiger partial charge in [0, 0.05) is 0 Å². The van der Waals surface area contributed by atoms with Crippen LogP contribution in [-0.4, -0.2) is 12.4 Å². The molecule has 0 saturated carbocycles. The first-order valence-electron chi connectivity index (χ1n) is 4.82. The molecule has 88 valence electrons. The number of hydrogen-bond acceptors (Lipinski definition) is 3. The average Bonchev–Trinajstić information content (AvgIpc) is 2.81. The zero-order valence-corrected chi connectivity index (χ0v) is 12.6. The molecule has 1 heterocycles. The summed E-state index contributed by atoms with van der Waals surface area (Å²) in [5, 5.41) is 1.88. The molecule has 0 amide bonds. The Kier molecular flexibility index (Phi) is 4.36. The molecule has 0 unspecified atom stereocenters. The monoisotopic (exact) mass is 374 g/mol. The summed E-state index contributed by atoms with van der Waals surface area (Å²) < 4.78 is 7.17. The minimum Gasteiger partial charge on any atom is -0.483 e. The van der Waals surface area contributed by atoms with Crippen molar-refractivity contribution in [1.82, 2.24) is 0 Å². The fraction of sp³-hybridized carbons (Fsp3) is 0.0833. The third-order valence-electron chi connectivity index (χ3n) is 2.06. The van der Waals surface area contributed by atoms with Gasteiger partial charge in [-0.25, -0.2) is 0 Å². The van der Waals surface area contributed by atoms with Gasteiger partial charge in [0.2, 0.25) is 5.78 Å². The minimum atomic E-state index is -0.0114. The van der Waals surface area contributed by atoms with Crippen molar-refractivity contribution >= 4 is 49.0 Å². The van der Waals surface area contributed by atoms with Crippen LogP contribution in [0.3, 0.4) is 0 Å². The molecule has 1 aromatic carbocycles. The number of carbonyl (C=O) groups is 1. The lowest BCUT2D eigenvalue weighted by Gasteiger charge is -2.08. The van der Waals surface area contributed by atoms with E-state index in [1.54, 1.807) is 6.07 Å². The highest BCUT2D eigenvalue weighted by molar-refractivity contribution is 9.11. The number of benzene rings is 1. The van der Waals surface area contributed by atoms with E-state index >= 15 is 0 Å². The maximum Gasteiger partial charge on any atom is 0.210 e. The number of carbonyl (C=O) groups excluding carboxylic acids is 1. The highest BCUT2D eigenvalue weighted by Crippen LogP contribution is 2.33. The summed E-state index contributed by atoms with van der Waals surface area (Å²) in [5.41, 5.74) is 0. The topological polar surface area (TPSA) is 26.3 Å². The Hall–Kier alpha value is -0.650. The van der Waals surface area contributed by atoms with Crippen LogP contribution < -0.4 is 4.74 Å². The molecule has 0 bridgehead atoms. The number of Topliss-reactive ketones (excluding diaryl/α,β-unsaturated/α-hetero) is 1. The van der Waals surface area contributed by atoms with Crippen LogP contribution in [0.2, 0.25) is 0 Å². The van der Waals surface area contributed by atoms with Crippen molar-refractivity contribution in [3.63, 3.8) is 0 Å². The van der Waals surface area contributed by atoms with Crippen LogP contribution in [0.15, 0.2) is 44.7 Å². The van der Waals surface area contributed by atoms with E-state index in [1.165, 1.54) is 11.3 Å².